The fraction of sp³-hybridized carbons (Fsp3) is 0.400. The van der Waals surface area contributed by atoms with Gasteiger partial charge in [-0.15, -0.1) is 0 Å². The first kappa shape index (κ1) is 12.7. The second-order valence-electron chi connectivity index (χ2n) is 4.98. The maximum Gasteiger partial charge on any atom is 0.244 e. The van der Waals surface area contributed by atoms with E-state index in [4.69, 9.17) is 5.73 Å². The van der Waals surface area contributed by atoms with Gasteiger partial charge >= 0.3 is 0 Å². The zero-order chi connectivity index (χ0) is 13.0. The van der Waals surface area contributed by atoms with E-state index in [1.54, 1.807) is 6.08 Å². The van der Waals surface area contributed by atoms with Gasteiger partial charge in [0.25, 0.3) is 0 Å². The molecule has 1 fully saturated rings. The molecule has 2 rings (SSSR count). The van der Waals surface area contributed by atoms with Crippen molar-refractivity contribution in [1.29, 1.82) is 0 Å². The first-order valence-corrected chi connectivity index (χ1v) is 6.49. The van der Waals surface area contributed by atoms with Crippen LogP contribution in [0, 0.1) is 0 Å². The average molecular weight is 244 g/mol. The minimum absolute atomic E-state index is 0.00613. The van der Waals surface area contributed by atoms with Crippen LogP contribution in [0.5, 0.6) is 0 Å². The van der Waals surface area contributed by atoms with Gasteiger partial charge in [-0.2, -0.15) is 0 Å². The quantitative estimate of drug-likeness (QED) is 0.632. The van der Waals surface area contributed by atoms with Crippen molar-refractivity contribution >= 4 is 17.7 Å². The fourth-order valence-corrected chi connectivity index (χ4v) is 2.25. The Kier molecular flexibility index (Phi) is 3.70. The third-order valence-electron chi connectivity index (χ3n) is 3.74. The van der Waals surface area contributed by atoms with E-state index in [1.165, 1.54) is 6.42 Å². The number of amides is 1. The summed E-state index contributed by atoms with van der Waals surface area (Å²) < 4.78 is 0. The first-order valence-electron chi connectivity index (χ1n) is 6.49. The number of nitrogens with one attached hydrogen (secondary N) is 1. The molecule has 0 radical (unpaired) electrons. The number of hydrogen-bond donors (Lipinski definition) is 2. The van der Waals surface area contributed by atoms with E-state index in [0.717, 1.165) is 30.5 Å². The van der Waals surface area contributed by atoms with Crippen LogP contribution in [0.25, 0.3) is 6.08 Å². The molecule has 0 atom stereocenters. The van der Waals surface area contributed by atoms with Crippen LogP contribution in [0.4, 0.5) is 5.69 Å². The molecule has 1 saturated carbocycles. The summed E-state index contributed by atoms with van der Waals surface area (Å²) in [5.74, 6) is -0.00613. The van der Waals surface area contributed by atoms with Crippen molar-refractivity contribution < 1.29 is 4.79 Å². The van der Waals surface area contributed by atoms with Crippen LogP contribution in [0.1, 0.15) is 38.2 Å². The van der Waals surface area contributed by atoms with Gasteiger partial charge < -0.3 is 11.1 Å². The topological polar surface area (TPSA) is 55.1 Å². The van der Waals surface area contributed by atoms with E-state index < -0.39 is 0 Å². The lowest BCUT2D eigenvalue weighted by molar-refractivity contribution is -0.119. The van der Waals surface area contributed by atoms with Crippen LogP contribution in [-0.4, -0.2) is 11.4 Å². The largest absolute Gasteiger partial charge is 0.399 e. The van der Waals surface area contributed by atoms with Gasteiger partial charge in [-0.05, 0) is 49.5 Å². The van der Waals surface area contributed by atoms with Gasteiger partial charge in [-0.25, -0.2) is 0 Å². The fourth-order valence-electron chi connectivity index (χ4n) is 2.25. The van der Waals surface area contributed by atoms with Crippen molar-refractivity contribution in [1.82, 2.24) is 5.32 Å². The SMILES string of the molecule is CCC1(NC(=O)/C=C/c2ccc(N)cc2)CCC1. The van der Waals surface area contributed by atoms with Crippen LogP contribution in [0.2, 0.25) is 0 Å². The smallest absolute Gasteiger partial charge is 0.244 e. The summed E-state index contributed by atoms with van der Waals surface area (Å²) in [4.78, 5) is 11.8. The monoisotopic (exact) mass is 244 g/mol. The zero-order valence-corrected chi connectivity index (χ0v) is 10.8. The highest BCUT2D eigenvalue weighted by Crippen LogP contribution is 2.34. The normalized spacial score (nSPS) is 17.4. The lowest BCUT2D eigenvalue weighted by Crippen LogP contribution is -2.52. The number of carbonyl (C=O) groups excluding carboxylic acids is 1. The Bertz CT molecular complexity index is 439. The molecular weight excluding hydrogens is 224 g/mol. The number of nitrogens with two attached hydrogens (primary N) is 1. The van der Waals surface area contributed by atoms with Gasteiger partial charge in [0.1, 0.15) is 0 Å². The van der Waals surface area contributed by atoms with Gasteiger partial charge in [0.15, 0.2) is 0 Å². The summed E-state index contributed by atoms with van der Waals surface area (Å²) in [6.45, 7) is 2.13. The molecule has 1 aliphatic carbocycles. The molecule has 3 heteroatoms. The summed E-state index contributed by atoms with van der Waals surface area (Å²) >= 11 is 0. The molecule has 0 heterocycles. The molecule has 1 aromatic rings. The predicted molar refractivity (Wildman–Crippen MR) is 74.9 cm³/mol. The number of carbonyl (C=O) groups is 1. The maximum absolute atomic E-state index is 11.8. The maximum atomic E-state index is 11.8. The molecule has 3 N–H and O–H groups in total. The van der Waals surface area contributed by atoms with Crippen molar-refractivity contribution in [2.75, 3.05) is 5.73 Å². The minimum atomic E-state index is -0.00613. The molecule has 3 nitrogen and oxygen atoms in total. The first-order chi connectivity index (χ1) is 8.63. The number of rotatable bonds is 4. The zero-order valence-electron chi connectivity index (χ0n) is 10.8. The standard InChI is InChI=1S/C15H20N2O/c1-2-15(10-3-11-15)17-14(18)9-6-12-4-7-13(16)8-5-12/h4-9H,2-3,10-11,16H2,1H3,(H,17,18)/b9-6+. The number of anilines is 1. The van der Waals surface area contributed by atoms with Gasteiger partial charge in [0.05, 0.1) is 0 Å². The molecule has 96 valence electrons. The van der Waals surface area contributed by atoms with Crippen molar-refractivity contribution in [3.05, 3.63) is 35.9 Å². The van der Waals surface area contributed by atoms with Crippen LogP contribution in [0.15, 0.2) is 30.3 Å². The summed E-state index contributed by atoms with van der Waals surface area (Å²) in [5.41, 5.74) is 7.38. The van der Waals surface area contributed by atoms with Gasteiger partial charge in [-0.1, -0.05) is 19.1 Å². The third-order valence-corrected chi connectivity index (χ3v) is 3.74. The van der Waals surface area contributed by atoms with Gasteiger partial charge in [0, 0.05) is 17.3 Å². The molecule has 0 spiro atoms. The van der Waals surface area contributed by atoms with E-state index >= 15 is 0 Å². The molecule has 1 aliphatic rings. The second-order valence-corrected chi connectivity index (χ2v) is 4.98. The molecule has 1 amide bonds. The Labute approximate surface area is 108 Å². The summed E-state index contributed by atoms with van der Waals surface area (Å²) in [6.07, 6.45) is 7.85. The molecule has 0 saturated heterocycles. The lowest BCUT2D eigenvalue weighted by atomic mass is 9.75. The number of benzene rings is 1. The predicted octanol–water partition coefficient (Wildman–Crippen LogP) is 2.73. The van der Waals surface area contributed by atoms with Crippen LogP contribution < -0.4 is 11.1 Å². The lowest BCUT2D eigenvalue weighted by Gasteiger charge is -2.41. The molecule has 18 heavy (non-hydrogen) atoms. The van der Waals surface area contributed by atoms with E-state index in [9.17, 15) is 4.79 Å². The molecule has 0 unspecified atom stereocenters. The van der Waals surface area contributed by atoms with Crippen molar-refractivity contribution in [2.24, 2.45) is 0 Å². The Hall–Kier alpha value is -1.77. The van der Waals surface area contributed by atoms with E-state index in [0.29, 0.717) is 0 Å². The number of hydrogen-bond acceptors (Lipinski definition) is 2. The number of nitrogen functional groups attached to an aromatic ring is 1. The highest BCUT2D eigenvalue weighted by Gasteiger charge is 2.35. The summed E-state index contributed by atoms with van der Waals surface area (Å²) in [7, 11) is 0. The third kappa shape index (κ3) is 2.92. The Morgan fingerprint density at radius 3 is 2.56 bits per heavy atom. The Morgan fingerprint density at radius 2 is 2.06 bits per heavy atom. The second kappa shape index (κ2) is 5.25. The molecule has 0 aromatic heterocycles. The van der Waals surface area contributed by atoms with Crippen molar-refractivity contribution in [3.8, 4) is 0 Å². The van der Waals surface area contributed by atoms with Crippen LogP contribution in [-0.2, 0) is 4.79 Å². The van der Waals surface area contributed by atoms with Crippen LogP contribution >= 0.6 is 0 Å². The van der Waals surface area contributed by atoms with Crippen molar-refractivity contribution in [3.63, 3.8) is 0 Å². The van der Waals surface area contributed by atoms with Crippen LogP contribution in [0.3, 0.4) is 0 Å². The average Bonchev–Trinajstić information content (AvgIpc) is 2.33. The highest BCUT2D eigenvalue weighted by atomic mass is 16.1. The summed E-state index contributed by atoms with van der Waals surface area (Å²) in [6, 6.07) is 7.46. The summed E-state index contributed by atoms with van der Waals surface area (Å²) in [5, 5.41) is 3.11. The van der Waals surface area contributed by atoms with E-state index in [1.807, 2.05) is 30.3 Å². The molecular formula is C15H20N2O. The van der Waals surface area contributed by atoms with Gasteiger partial charge in [-0.3, -0.25) is 4.79 Å². The Morgan fingerprint density at radius 1 is 1.39 bits per heavy atom. The Balaban J connectivity index is 1.92. The minimum Gasteiger partial charge on any atom is -0.399 e. The van der Waals surface area contributed by atoms with E-state index in [-0.39, 0.29) is 11.4 Å². The van der Waals surface area contributed by atoms with Gasteiger partial charge in [0.2, 0.25) is 5.91 Å². The molecule has 0 bridgehead atoms. The molecule has 0 aliphatic heterocycles. The van der Waals surface area contributed by atoms with Crippen molar-refractivity contribution in [2.45, 2.75) is 38.1 Å². The van der Waals surface area contributed by atoms with E-state index in [2.05, 4.69) is 12.2 Å². The molecule has 1 aromatic carbocycles. The highest BCUT2D eigenvalue weighted by molar-refractivity contribution is 5.92.